The molecule has 21 heavy (non-hydrogen) atoms. The fraction of sp³-hybridized carbons (Fsp3) is 0.636. The van der Waals surface area contributed by atoms with Crippen LogP contribution < -0.4 is 5.73 Å². The second kappa shape index (κ2) is 6.17. The van der Waals surface area contributed by atoms with Crippen molar-refractivity contribution in [2.24, 2.45) is 11.7 Å². The quantitative estimate of drug-likeness (QED) is 0.658. The van der Waals surface area contributed by atoms with Crippen LogP contribution in [0.15, 0.2) is 10.3 Å². The number of piperidine rings is 1. The molecule has 1 aromatic rings. The second-order valence-electron chi connectivity index (χ2n) is 5.08. The maximum absolute atomic E-state index is 12.5. The van der Waals surface area contributed by atoms with Gasteiger partial charge in [-0.25, -0.2) is 8.42 Å². The Morgan fingerprint density at radius 3 is 2.52 bits per heavy atom. The number of hydrogen-bond donors (Lipinski definition) is 1. The number of nitro groups is 1. The zero-order valence-corrected chi connectivity index (χ0v) is 13.7. The molecule has 2 rings (SSSR count). The molecule has 10 heteroatoms. The molecule has 1 fully saturated rings. The van der Waals surface area contributed by atoms with Crippen molar-refractivity contribution in [1.82, 2.24) is 4.31 Å². The van der Waals surface area contributed by atoms with Crippen LogP contribution >= 0.6 is 22.9 Å². The maximum Gasteiger partial charge on any atom is 0.300 e. The molecule has 1 aromatic heterocycles. The Morgan fingerprint density at radius 2 is 2.10 bits per heavy atom. The third-order valence-electron chi connectivity index (χ3n) is 3.68. The van der Waals surface area contributed by atoms with E-state index in [9.17, 15) is 18.5 Å². The Labute approximate surface area is 131 Å². The molecular weight excluding hydrogens is 338 g/mol. The first-order chi connectivity index (χ1) is 9.73. The molecule has 1 aliphatic heterocycles. The van der Waals surface area contributed by atoms with Crippen LogP contribution in [0.25, 0.3) is 0 Å². The molecule has 118 valence electrons. The highest BCUT2D eigenvalue weighted by atomic mass is 35.5. The first-order valence-electron chi connectivity index (χ1n) is 6.43. The monoisotopic (exact) mass is 353 g/mol. The highest BCUT2D eigenvalue weighted by molar-refractivity contribution is 7.91. The average Bonchev–Trinajstić information content (AvgIpc) is 2.82. The van der Waals surface area contributed by atoms with Crippen molar-refractivity contribution in [3.05, 3.63) is 20.5 Å². The standard InChI is InChI=1S/C11H16ClN3O4S2/c1-7(13)8-2-4-14(5-3-8)21(18,19)10-6-9(15(16)17)11(12)20-10/h6-8H,2-5,13H2,1H3. The smallest absolute Gasteiger partial charge is 0.300 e. The van der Waals surface area contributed by atoms with Gasteiger partial charge in [-0.3, -0.25) is 10.1 Å². The molecule has 0 aliphatic carbocycles. The van der Waals surface area contributed by atoms with E-state index in [0.717, 1.165) is 17.4 Å². The summed E-state index contributed by atoms with van der Waals surface area (Å²) in [5.74, 6) is 0.303. The molecule has 2 heterocycles. The van der Waals surface area contributed by atoms with Gasteiger partial charge in [-0.2, -0.15) is 4.31 Å². The molecule has 1 saturated heterocycles. The van der Waals surface area contributed by atoms with E-state index >= 15 is 0 Å². The topological polar surface area (TPSA) is 107 Å². The van der Waals surface area contributed by atoms with Crippen molar-refractivity contribution < 1.29 is 13.3 Å². The van der Waals surface area contributed by atoms with E-state index in [1.165, 1.54) is 4.31 Å². The van der Waals surface area contributed by atoms with Crippen molar-refractivity contribution in [3.63, 3.8) is 0 Å². The number of nitrogens with two attached hydrogens (primary N) is 1. The fourth-order valence-electron chi connectivity index (χ4n) is 2.36. The van der Waals surface area contributed by atoms with Crippen LogP contribution in [0.3, 0.4) is 0 Å². The summed E-state index contributed by atoms with van der Waals surface area (Å²) < 4.78 is 26.1. The maximum atomic E-state index is 12.5. The van der Waals surface area contributed by atoms with Gasteiger partial charge in [0.25, 0.3) is 15.7 Å². The van der Waals surface area contributed by atoms with Gasteiger partial charge in [-0.05, 0) is 25.7 Å². The number of halogens is 1. The lowest BCUT2D eigenvalue weighted by molar-refractivity contribution is -0.384. The Balaban J connectivity index is 2.20. The molecule has 0 radical (unpaired) electrons. The normalized spacial score (nSPS) is 19.6. The molecule has 7 nitrogen and oxygen atoms in total. The fourth-order valence-corrected chi connectivity index (χ4v) is 5.65. The van der Waals surface area contributed by atoms with Crippen LogP contribution in [-0.2, 0) is 10.0 Å². The van der Waals surface area contributed by atoms with E-state index in [4.69, 9.17) is 17.3 Å². The lowest BCUT2D eigenvalue weighted by Gasteiger charge is -2.32. The lowest BCUT2D eigenvalue weighted by Crippen LogP contribution is -2.42. The summed E-state index contributed by atoms with van der Waals surface area (Å²) in [5, 5.41) is 10.8. The van der Waals surface area contributed by atoms with Gasteiger partial charge in [-0.15, -0.1) is 11.3 Å². The van der Waals surface area contributed by atoms with E-state index < -0.39 is 14.9 Å². The van der Waals surface area contributed by atoms with Gasteiger partial charge in [0, 0.05) is 25.2 Å². The van der Waals surface area contributed by atoms with Crippen LogP contribution in [0.4, 0.5) is 5.69 Å². The third kappa shape index (κ3) is 3.37. The van der Waals surface area contributed by atoms with Crippen LogP contribution in [-0.4, -0.2) is 36.8 Å². The largest absolute Gasteiger partial charge is 0.328 e. The minimum Gasteiger partial charge on any atom is -0.328 e. The Kier molecular flexibility index (Phi) is 4.89. The van der Waals surface area contributed by atoms with Gasteiger partial charge in [-0.1, -0.05) is 11.6 Å². The van der Waals surface area contributed by atoms with E-state index in [0.29, 0.717) is 31.8 Å². The molecule has 0 saturated carbocycles. The Hall–Kier alpha value is -0.740. The first-order valence-corrected chi connectivity index (χ1v) is 9.06. The van der Waals surface area contributed by atoms with Crippen molar-refractivity contribution in [2.75, 3.05) is 13.1 Å². The molecule has 0 spiro atoms. The van der Waals surface area contributed by atoms with Crippen molar-refractivity contribution in [2.45, 2.75) is 30.0 Å². The van der Waals surface area contributed by atoms with Gasteiger partial charge < -0.3 is 5.73 Å². The highest BCUT2D eigenvalue weighted by Crippen LogP contribution is 2.38. The molecule has 0 bridgehead atoms. The van der Waals surface area contributed by atoms with E-state index in [1.807, 2.05) is 6.92 Å². The first kappa shape index (κ1) is 16.6. The molecule has 1 atom stereocenters. The Morgan fingerprint density at radius 1 is 1.52 bits per heavy atom. The van der Waals surface area contributed by atoms with Crippen LogP contribution in [0.2, 0.25) is 4.34 Å². The minimum atomic E-state index is -3.72. The molecule has 2 N–H and O–H groups in total. The van der Waals surface area contributed by atoms with Gasteiger partial charge in [0.1, 0.15) is 4.21 Å². The minimum absolute atomic E-state index is 0.0344. The summed E-state index contributed by atoms with van der Waals surface area (Å²) in [7, 11) is -3.72. The van der Waals surface area contributed by atoms with Gasteiger partial charge >= 0.3 is 0 Å². The number of nitrogens with zero attached hydrogens (tertiary/aromatic N) is 2. The summed E-state index contributed by atoms with van der Waals surface area (Å²) in [6.45, 7) is 2.66. The summed E-state index contributed by atoms with van der Waals surface area (Å²) in [6.07, 6.45) is 1.39. The molecule has 1 aliphatic rings. The molecular formula is C11H16ClN3O4S2. The van der Waals surface area contributed by atoms with E-state index in [1.54, 1.807) is 0 Å². The summed E-state index contributed by atoms with van der Waals surface area (Å²) in [4.78, 5) is 10.1. The Bertz CT molecular complexity index is 636. The second-order valence-corrected chi connectivity index (χ2v) is 8.90. The lowest BCUT2D eigenvalue weighted by atomic mass is 9.92. The van der Waals surface area contributed by atoms with Crippen LogP contribution in [0.1, 0.15) is 19.8 Å². The number of thiophene rings is 1. The third-order valence-corrected chi connectivity index (χ3v) is 7.36. The zero-order chi connectivity index (χ0) is 15.8. The predicted molar refractivity (Wildman–Crippen MR) is 81.1 cm³/mol. The van der Waals surface area contributed by atoms with Crippen LogP contribution in [0.5, 0.6) is 0 Å². The molecule has 0 amide bonds. The van der Waals surface area contributed by atoms with Gasteiger partial charge in [0.15, 0.2) is 4.34 Å². The molecule has 0 aromatic carbocycles. The summed E-state index contributed by atoms with van der Waals surface area (Å²) >= 11 is 6.45. The van der Waals surface area contributed by atoms with E-state index in [-0.39, 0.29) is 20.3 Å². The van der Waals surface area contributed by atoms with Crippen LogP contribution in [0, 0.1) is 16.0 Å². The summed E-state index contributed by atoms with van der Waals surface area (Å²) in [6, 6.07) is 1.06. The van der Waals surface area contributed by atoms with Crippen molar-refractivity contribution >= 4 is 38.6 Å². The zero-order valence-electron chi connectivity index (χ0n) is 11.4. The average molecular weight is 354 g/mol. The SMILES string of the molecule is CC(N)C1CCN(S(=O)(=O)c2cc([N+](=O)[O-])c(Cl)s2)CC1. The number of hydrogen-bond acceptors (Lipinski definition) is 6. The number of sulfonamides is 1. The van der Waals surface area contributed by atoms with Gasteiger partial charge in [0.2, 0.25) is 0 Å². The van der Waals surface area contributed by atoms with Crippen molar-refractivity contribution in [1.29, 1.82) is 0 Å². The summed E-state index contributed by atoms with van der Waals surface area (Å²) in [5.41, 5.74) is 5.46. The van der Waals surface area contributed by atoms with Gasteiger partial charge in [0.05, 0.1) is 4.92 Å². The van der Waals surface area contributed by atoms with Crippen molar-refractivity contribution in [3.8, 4) is 0 Å². The predicted octanol–water partition coefficient (Wildman–Crippen LogP) is 2.06. The highest BCUT2D eigenvalue weighted by Gasteiger charge is 2.33. The number of rotatable bonds is 4. The molecule has 1 unspecified atom stereocenters. The van der Waals surface area contributed by atoms with E-state index in [2.05, 4.69) is 0 Å².